The van der Waals surface area contributed by atoms with Gasteiger partial charge in [-0.15, -0.1) is 0 Å². The second-order valence-electron chi connectivity index (χ2n) is 5.74. The molecule has 2 atom stereocenters. The Morgan fingerprint density at radius 3 is 2.04 bits per heavy atom. The molecule has 5 nitrogen and oxygen atoms in total. The fraction of sp³-hybridized carbons (Fsp3) is 0.789. The Kier molecular flexibility index (Phi) is 9.69. The van der Waals surface area contributed by atoms with Gasteiger partial charge in [-0.25, -0.2) is 9.97 Å². The van der Waals surface area contributed by atoms with Crippen molar-refractivity contribution in [1.82, 2.24) is 14.9 Å². The number of aromatic nitrogens is 2. The second kappa shape index (κ2) is 10.9. The largest absolute Gasteiger partial charge is 0.377 e. The van der Waals surface area contributed by atoms with Gasteiger partial charge >= 0.3 is 0 Å². The van der Waals surface area contributed by atoms with Crippen LogP contribution >= 0.6 is 11.6 Å². The molecule has 6 heteroatoms. The molecule has 0 amide bonds. The average Bonchev–Trinajstić information content (AvgIpc) is 3.14. The van der Waals surface area contributed by atoms with Gasteiger partial charge in [0.1, 0.15) is 5.82 Å². The molecule has 0 N–H and O–H groups in total. The van der Waals surface area contributed by atoms with Gasteiger partial charge in [0, 0.05) is 18.7 Å². The molecule has 3 aliphatic heterocycles. The normalized spacial score (nSPS) is 23.4. The summed E-state index contributed by atoms with van der Waals surface area (Å²) in [5.74, 6) is 1.05. The van der Waals surface area contributed by atoms with Gasteiger partial charge in [0.15, 0.2) is 0 Å². The first-order valence-corrected chi connectivity index (χ1v) is 10.2. The zero-order valence-electron chi connectivity index (χ0n) is 17.0. The molecule has 4 rings (SSSR count). The van der Waals surface area contributed by atoms with Crippen LogP contribution in [0.4, 0.5) is 5.82 Å². The number of nitrogens with zero attached hydrogens (tertiary/aromatic N) is 4. The van der Waals surface area contributed by atoms with Crippen molar-refractivity contribution in [1.29, 1.82) is 0 Å². The molecular weight excluding hydrogens is 336 g/mol. The number of fused-ring (bicyclic) bond motifs is 3. The third-order valence-electron chi connectivity index (χ3n) is 4.38. The third-order valence-corrected chi connectivity index (χ3v) is 4.55. The van der Waals surface area contributed by atoms with Crippen LogP contribution in [0.25, 0.3) is 0 Å². The highest BCUT2D eigenvalue weighted by Crippen LogP contribution is 2.38. The zero-order chi connectivity index (χ0) is 19.0. The highest BCUT2D eigenvalue weighted by atomic mass is 35.5. The molecule has 2 bridgehead atoms. The van der Waals surface area contributed by atoms with Crippen molar-refractivity contribution in [2.75, 3.05) is 25.2 Å². The lowest BCUT2D eigenvalue weighted by atomic mass is 10.2. The molecule has 3 aliphatic rings. The fourth-order valence-electron chi connectivity index (χ4n) is 3.55. The third kappa shape index (κ3) is 4.83. The van der Waals surface area contributed by atoms with E-state index < -0.39 is 0 Å². The Labute approximate surface area is 158 Å². The van der Waals surface area contributed by atoms with E-state index >= 15 is 0 Å². The summed E-state index contributed by atoms with van der Waals surface area (Å²) in [5.41, 5.74) is 2.34. The molecule has 1 unspecified atom stereocenters. The topological polar surface area (TPSA) is 41.5 Å². The molecule has 25 heavy (non-hydrogen) atoms. The molecule has 1 aromatic rings. The van der Waals surface area contributed by atoms with Gasteiger partial charge in [0.25, 0.3) is 0 Å². The van der Waals surface area contributed by atoms with E-state index in [1.807, 2.05) is 41.5 Å². The monoisotopic (exact) mass is 370 g/mol. The maximum Gasteiger partial charge on any atom is 0.224 e. The number of morpholine rings is 1. The van der Waals surface area contributed by atoms with E-state index in [1.54, 1.807) is 0 Å². The summed E-state index contributed by atoms with van der Waals surface area (Å²) in [4.78, 5) is 13.6. The summed E-state index contributed by atoms with van der Waals surface area (Å²) in [6.45, 7) is 15.4. The van der Waals surface area contributed by atoms with Gasteiger partial charge in [0.05, 0.1) is 31.0 Å². The molecule has 2 saturated heterocycles. The summed E-state index contributed by atoms with van der Waals surface area (Å²) in [6, 6.07) is 0.916. The van der Waals surface area contributed by atoms with Crippen LogP contribution in [0, 0.1) is 0 Å². The number of ether oxygens (including phenoxy) is 1. The minimum absolute atomic E-state index is 0.370. The van der Waals surface area contributed by atoms with Crippen molar-refractivity contribution in [2.24, 2.45) is 0 Å². The van der Waals surface area contributed by atoms with Crippen LogP contribution in [-0.4, -0.2) is 47.2 Å². The minimum atomic E-state index is 0.370. The highest BCUT2D eigenvalue weighted by Gasteiger charge is 2.40. The lowest BCUT2D eigenvalue weighted by molar-refractivity contribution is 0.0901. The van der Waals surface area contributed by atoms with E-state index in [0.29, 0.717) is 17.4 Å². The Morgan fingerprint density at radius 2 is 1.48 bits per heavy atom. The lowest BCUT2D eigenvalue weighted by Gasteiger charge is -2.36. The molecule has 0 aromatic carbocycles. The number of rotatable bonds is 1. The van der Waals surface area contributed by atoms with Crippen LogP contribution in [0.3, 0.4) is 0 Å². The van der Waals surface area contributed by atoms with Crippen molar-refractivity contribution in [2.45, 2.75) is 79.6 Å². The molecule has 0 saturated carbocycles. The molecular formula is C19H35ClN4O. The van der Waals surface area contributed by atoms with Crippen LogP contribution in [0.1, 0.15) is 65.6 Å². The van der Waals surface area contributed by atoms with Crippen LogP contribution in [0.5, 0.6) is 0 Å². The van der Waals surface area contributed by atoms with Crippen molar-refractivity contribution in [3.8, 4) is 0 Å². The summed E-state index contributed by atoms with van der Waals surface area (Å²) < 4.78 is 5.65. The minimum Gasteiger partial charge on any atom is -0.377 e. The Bertz CT molecular complexity index is 510. The number of halogens is 1. The van der Waals surface area contributed by atoms with E-state index in [-0.39, 0.29) is 0 Å². The van der Waals surface area contributed by atoms with E-state index in [4.69, 9.17) is 16.3 Å². The van der Waals surface area contributed by atoms with Gasteiger partial charge in [-0.2, -0.15) is 0 Å². The fourth-order valence-corrected chi connectivity index (χ4v) is 3.73. The highest BCUT2D eigenvalue weighted by molar-refractivity contribution is 6.28. The van der Waals surface area contributed by atoms with Crippen LogP contribution in [0.15, 0.2) is 0 Å². The Morgan fingerprint density at radius 1 is 0.920 bits per heavy atom. The van der Waals surface area contributed by atoms with E-state index in [9.17, 15) is 0 Å². The van der Waals surface area contributed by atoms with E-state index in [0.717, 1.165) is 37.8 Å². The number of anilines is 1. The molecule has 2 fully saturated rings. The first-order chi connectivity index (χ1) is 12.2. The van der Waals surface area contributed by atoms with Gasteiger partial charge in [-0.05, 0) is 31.5 Å². The predicted octanol–water partition coefficient (Wildman–Crippen LogP) is 4.52. The van der Waals surface area contributed by atoms with Gasteiger partial charge in [0.2, 0.25) is 5.28 Å². The quantitative estimate of drug-likeness (QED) is 0.679. The zero-order valence-corrected chi connectivity index (χ0v) is 17.7. The first-order valence-electron chi connectivity index (χ1n) is 9.82. The molecule has 0 aliphatic carbocycles. The predicted molar refractivity (Wildman–Crippen MR) is 106 cm³/mol. The molecule has 1 aromatic heterocycles. The summed E-state index contributed by atoms with van der Waals surface area (Å²) in [7, 11) is 2.10. The van der Waals surface area contributed by atoms with Crippen LogP contribution < -0.4 is 4.90 Å². The standard InChI is InChI=1S/C13H17ClN4O.3C2H6/c1-17-4-10-11(5-17)15-13(14)16-12(10)18-8-2-3-9(18)7-19-6-8;3*1-2/h8-9H,2-7H2,1H3;3*1-2H3/t8-,9?;;;/m1.../s1. The smallest absolute Gasteiger partial charge is 0.224 e. The first kappa shape index (κ1) is 22.1. The van der Waals surface area contributed by atoms with Crippen molar-refractivity contribution < 1.29 is 4.74 Å². The van der Waals surface area contributed by atoms with Crippen molar-refractivity contribution in [3.05, 3.63) is 16.5 Å². The summed E-state index contributed by atoms with van der Waals surface area (Å²) in [6.07, 6.45) is 2.38. The van der Waals surface area contributed by atoms with Crippen molar-refractivity contribution in [3.63, 3.8) is 0 Å². The lowest BCUT2D eigenvalue weighted by Crippen LogP contribution is -2.46. The van der Waals surface area contributed by atoms with E-state index in [2.05, 4.69) is 26.8 Å². The van der Waals surface area contributed by atoms with Crippen LogP contribution in [-0.2, 0) is 17.8 Å². The summed E-state index contributed by atoms with van der Waals surface area (Å²) >= 11 is 6.11. The Hall–Kier alpha value is -0.910. The van der Waals surface area contributed by atoms with Gasteiger partial charge in [-0.3, -0.25) is 4.90 Å². The van der Waals surface area contributed by atoms with Gasteiger partial charge in [-0.1, -0.05) is 41.5 Å². The maximum absolute atomic E-state index is 6.11. The van der Waals surface area contributed by atoms with Gasteiger partial charge < -0.3 is 9.64 Å². The molecule has 0 spiro atoms. The van der Waals surface area contributed by atoms with E-state index in [1.165, 1.54) is 18.4 Å². The second-order valence-corrected chi connectivity index (χ2v) is 6.08. The molecule has 0 radical (unpaired) electrons. The summed E-state index contributed by atoms with van der Waals surface area (Å²) in [5, 5.41) is 0.370. The Balaban J connectivity index is 0.000000475. The molecule has 144 valence electrons. The van der Waals surface area contributed by atoms with Crippen LogP contribution in [0.2, 0.25) is 5.28 Å². The number of hydrogen-bond acceptors (Lipinski definition) is 5. The van der Waals surface area contributed by atoms with Crippen molar-refractivity contribution >= 4 is 17.4 Å². The SMILES string of the molecule is CC.CC.CC.CN1Cc2nc(Cl)nc(N3C4CC[C@@H]3COC4)c2C1. The number of hydrogen-bond donors (Lipinski definition) is 0. The average molecular weight is 371 g/mol. The maximum atomic E-state index is 6.11. The molecule has 4 heterocycles.